The summed E-state index contributed by atoms with van der Waals surface area (Å²) in [5.74, 6) is 0.386. The lowest BCUT2D eigenvalue weighted by atomic mass is 10.3. The van der Waals surface area contributed by atoms with Crippen LogP contribution in [0.25, 0.3) is 0 Å². The lowest BCUT2D eigenvalue weighted by molar-refractivity contribution is -0.120. The van der Waals surface area contributed by atoms with Crippen LogP contribution in [0.1, 0.15) is 6.42 Å². The Morgan fingerprint density at radius 1 is 1.38 bits per heavy atom. The van der Waals surface area contributed by atoms with Crippen LogP contribution >= 0.6 is 11.6 Å². The van der Waals surface area contributed by atoms with Crippen molar-refractivity contribution >= 4 is 23.2 Å². The fraction of sp³-hybridized carbons (Fsp3) is 0.417. The van der Waals surface area contributed by atoms with E-state index in [1.54, 1.807) is 0 Å². The van der Waals surface area contributed by atoms with Gasteiger partial charge < -0.3 is 10.2 Å². The second-order valence-corrected chi connectivity index (χ2v) is 3.92. The van der Waals surface area contributed by atoms with Crippen LogP contribution in [-0.2, 0) is 4.79 Å². The minimum atomic E-state index is 0.0106. The summed E-state index contributed by atoms with van der Waals surface area (Å²) in [5.41, 5.74) is 1.15. The number of halogens is 1. The highest BCUT2D eigenvalue weighted by Gasteiger charge is 2.01. The summed E-state index contributed by atoms with van der Waals surface area (Å²) in [6.45, 7) is 1.43. The first kappa shape index (κ1) is 12.8. The third-order valence-electron chi connectivity index (χ3n) is 2.29. The molecule has 4 heteroatoms. The van der Waals surface area contributed by atoms with Gasteiger partial charge in [-0.05, 0) is 12.1 Å². The van der Waals surface area contributed by atoms with Crippen molar-refractivity contribution in [2.24, 2.45) is 0 Å². The number of benzene rings is 1. The Balaban J connectivity index is 2.26. The average Bonchev–Trinajstić information content (AvgIpc) is 2.30. The van der Waals surface area contributed by atoms with Gasteiger partial charge in [-0.15, -0.1) is 11.6 Å². The molecule has 0 heterocycles. The number of hydrogen-bond acceptors (Lipinski definition) is 2. The van der Waals surface area contributed by atoms with E-state index in [0.29, 0.717) is 18.8 Å². The maximum atomic E-state index is 11.1. The van der Waals surface area contributed by atoms with Gasteiger partial charge in [-0.1, -0.05) is 18.2 Å². The van der Waals surface area contributed by atoms with Crippen molar-refractivity contribution in [3.05, 3.63) is 30.3 Å². The Morgan fingerprint density at radius 3 is 2.69 bits per heavy atom. The van der Waals surface area contributed by atoms with Gasteiger partial charge in [0.25, 0.3) is 0 Å². The molecule has 88 valence electrons. The zero-order chi connectivity index (χ0) is 11.8. The second kappa shape index (κ2) is 7.12. The van der Waals surface area contributed by atoms with Gasteiger partial charge in [-0.25, -0.2) is 0 Å². The number of hydrogen-bond donors (Lipinski definition) is 1. The number of nitrogens with one attached hydrogen (secondary N) is 1. The lowest BCUT2D eigenvalue weighted by Gasteiger charge is -2.19. The predicted molar refractivity (Wildman–Crippen MR) is 68.1 cm³/mol. The Labute approximate surface area is 101 Å². The number of nitrogens with zero attached hydrogens (tertiary/aromatic N) is 1. The highest BCUT2D eigenvalue weighted by molar-refractivity contribution is 6.18. The summed E-state index contributed by atoms with van der Waals surface area (Å²) in [6.07, 6.45) is 0.386. The number of para-hydroxylation sites is 1. The van der Waals surface area contributed by atoms with Crippen molar-refractivity contribution in [2.75, 3.05) is 30.9 Å². The molecule has 1 aromatic rings. The van der Waals surface area contributed by atoms with Gasteiger partial charge in [0.15, 0.2) is 0 Å². The van der Waals surface area contributed by atoms with E-state index in [9.17, 15) is 4.79 Å². The van der Waals surface area contributed by atoms with Gasteiger partial charge in [0.05, 0.1) is 0 Å². The Morgan fingerprint density at radius 2 is 2.06 bits per heavy atom. The zero-order valence-electron chi connectivity index (χ0n) is 9.45. The van der Waals surface area contributed by atoms with E-state index < -0.39 is 0 Å². The van der Waals surface area contributed by atoms with E-state index in [1.165, 1.54) is 0 Å². The molecule has 0 saturated heterocycles. The molecule has 0 radical (unpaired) electrons. The van der Waals surface area contributed by atoms with E-state index in [2.05, 4.69) is 10.2 Å². The first-order valence-corrected chi connectivity index (χ1v) is 5.86. The number of alkyl halides is 1. The molecule has 0 fully saturated rings. The minimum absolute atomic E-state index is 0.0106. The third-order valence-corrected chi connectivity index (χ3v) is 2.48. The van der Waals surface area contributed by atoms with E-state index >= 15 is 0 Å². The molecule has 0 aliphatic rings. The Hall–Kier alpha value is -1.22. The Bertz CT molecular complexity index is 316. The molecule has 1 aromatic carbocycles. The largest absolute Gasteiger partial charge is 0.373 e. The molecule has 3 nitrogen and oxygen atoms in total. The second-order valence-electron chi connectivity index (χ2n) is 3.55. The summed E-state index contributed by atoms with van der Waals surface area (Å²) in [6, 6.07) is 10.1. The average molecular weight is 241 g/mol. The number of carbonyl (C=O) groups is 1. The molecular weight excluding hydrogens is 224 g/mol. The van der Waals surface area contributed by atoms with Crippen LogP contribution in [0.2, 0.25) is 0 Å². The fourth-order valence-electron chi connectivity index (χ4n) is 1.35. The van der Waals surface area contributed by atoms with E-state index in [1.807, 2.05) is 37.4 Å². The summed E-state index contributed by atoms with van der Waals surface area (Å²) in [7, 11) is 2.00. The number of rotatable bonds is 6. The number of amides is 1. The van der Waals surface area contributed by atoms with Gasteiger partial charge in [0.2, 0.25) is 5.91 Å². The van der Waals surface area contributed by atoms with Gasteiger partial charge in [-0.3, -0.25) is 4.79 Å². The summed E-state index contributed by atoms with van der Waals surface area (Å²) in [5, 5.41) is 2.82. The lowest BCUT2D eigenvalue weighted by Crippen LogP contribution is -2.32. The first-order chi connectivity index (χ1) is 7.74. The van der Waals surface area contributed by atoms with Crippen molar-refractivity contribution in [2.45, 2.75) is 6.42 Å². The van der Waals surface area contributed by atoms with E-state index in [0.717, 1.165) is 12.2 Å². The van der Waals surface area contributed by atoms with Crippen LogP contribution in [0.15, 0.2) is 30.3 Å². The molecule has 16 heavy (non-hydrogen) atoms. The summed E-state index contributed by atoms with van der Waals surface area (Å²) >= 11 is 5.46. The molecule has 0 atom stereocenters. The highest BCUT2D eigenvalue weighted by atomic mass is 35.5. The number of likely N-dealkylation sites (N-methyl/N-ethyl adjacent to an activating group) is 1. The molecule has 0 aliphatic heterocycles. The van der Waals surface area contributed by atoms with Crippen LogP contribution in [0.4, 0.5) is 5.69 Å². The standard InChI is InChI=1S/C12H17ClN2O/c1-15(11-5-3-2-4-6-11)10-9-14-12(16)7-8-13/h2-6H,7-10H2,1H3,(H,14,16). The molecule has 0 spiro atoms. The maximum Gasteiger partial charge on any atom is 0.221 e. The molecule has 1 amide bonds. The molecule has 1 rings (SSSR count). The minimum Gasteiger partial charge on any atom is -0.373 e. The molecule has 0 bridgehead atoms. The van der Waals surface area contributed by atoms with Crippen molar-refractivity contribution in [3.63, 3.8) is 0 Å². The van der Waals surface area contributed by atoms with Crippen LogP contribution in [0.5, 0.6) is 0 Å². The summed E-state index contributed by atoms with van der Waals surface area (Å²) in [4.78, 5) is 13.2. The van der Waals surface area contributed by atoms with Gasteiger partial charge >= 0.3 is 0 Å². The summed E-state index contributed by atoms with van der Waals surface area (Å²) < 4.78 is 0. The van der Waals surface area contributed by atoms with Gasteiger partial charge in [0.1, 0.15) is 0 Å². The molecular formula is C12H17ClN2O. The van der Waals surface area contributed by atoms with Crippen LogP contribution < -0.4 is 10.2 Å². The quantitative estimate of drug-likeness (QED) is 0.770. The van der Waals surface area contributed by atoms with Gasteiger partial charge in [-0.2, -0.15) is 0 Å². The van der Waals surface area contributed by atoms with E-state index in [4.69, 9.17) is 11.6 Å². The van der Waals surface area contributed by atoms with Gasteiger partial charge in [0, 0.05) is 38.1 Å². The predicted octanol–water partition coefficient (Wildman–Crippen LogP) is 1.87. The van der Waals surface area contributed by atoms with Crippen molar-refractivity contribution in [3.8, 4) is 0 Å². The van der Waals surface area contributed by atoms with Crippen molar-refractivity contribution in [1.29, 1.82) is 0 Å². The molecule has 0 saturated carbocycles. The third kappa shape index (κ3) is 4.53. The van der Waals surface area contributed by atoms with Crippen molar-refractivity contribution < 1.29 is 4.79 Å². The normalized spacial score (nSPS) is 9.88. The zero-order valence-corrected chi connectivity index (χ0v) is 10.2. The monoisotopic (exact) mass is 240 g/mol. The van der Waals surface area contributed by atoms with E-state index in [-0.39, 0.29) is 5.91 Å². The Kier molecular flexibility index (Phi) is 5.72. The smallest absolute Gasteiger partial charge is 0.221 e. The van der Waals surface area contributed by atoms with Crippen LogP contribution in [0, 0.1) is 0 Å². The molecule has 1 N–H and O–H groups in total. The van der Waals surface area contributed by atoms with Crippen LogP contribution in [-0.4, -0.2) is 31.9 Å². The molecule has 0 aliphatic carbocycles. The fourth-order valence-corrected chi connectivity index (χ4v) is 1.52. The maximum absolute atomic E-state index is 11.1. The van der Waals surface area contributed by atoms with Crippen molar-refractivity contribution in [1.82, 2.24) is 5.32 Å². The highest BCUT2D eigenvalue weighted by Crippen LogP contribution is 2.09. The molecule has 0 unspecified atom stereocenters. The number of anilines is 1. The molecule has 0 aromatic heterocycles. The van der Waals surface area contributed by atoms with Crippen LogP contribution in [0.3, 0.4) is 0 Å². The number of carbonyl (C=O) groups excluding carboxylic acids is 1. The topological polar surface area (TPSA) is 32.3 Å². The SMILES string of the molecule is CN(CCNC(=O)CCCl)c1ccccc1. The first-order valence-electron chi connectivity index (χ1n) is 5.33.